The number of Topliss-reactive ketones (excluding diaryl/α,β-unsaturated/α-hetero) is 1. The number of ether oxygens (including phenoxy) is 2. The third-order valence-electron chi connectivity index (χ3n) is 6.78. The van der Waals surface area contributed by atoms with E-state index in [0.29, 0.717) is 6.42 Å². The zero-order valence-corrected chi connectivity index (χ0v) is 23.8. The van der Waals surface area contributed by atoms with Gasteiger partial charge in [0, 0.05) is 23.6 Å². The molecule has 1 saturated heterocycles. The van der Waals surface area contributed by atoms with Crippen LogP contribution in [-0.4, -0.2) is 46.3 Å². The first-order valence-corrected chi connectivity index (χ1v) is 13.8. The number of rotatable bonds is 13. The molecule has 1 fully saturated rings. The molecule has 0 amide bonds. The Morgan fingerprint density at radius 1 is 1.23 bits per heavy atom. The van der Waals surface area contributed by atoms with Gasteiger partial charge in [0.2, 0.25) is 0 Å². The number of hydrogen-bond donors (Lipinski definition) is 1. The third kappa shape index (κ3) is 9.10. The fourth-order valence-corrected chi connectivity index (χ4v) is 4.83. The molecule has 0 radical (unpaired) electrons. The fourth-order valence-electron chi connectivity index (χ4n) is 4.26. The maximum Gasteiger partial charge on any atom is 0.311 e. The summed E-state index contributed by atoms with van der Waals surface area (Å²) >= 11 is 1.60. The molecule has 0 aliphatic carbocycles. The quantitative estimate of drug-likeness (QED) is 0.260. The Hall–Kier alpha value is -1.57. The number of ketones is 1. The monoisotopic (exact) mass is 507 g/mol. The number of esters is 1. The molecule has 1 aliphatic heterocycles. The molecule has 0 spiro atoms. The van der Waals surface area contributed by atoms with Crippen LogP contribution in [0.5, 0.6) is 0 Å². The fraction of sp³-hybridized carbons (Fsp3) is 0.750. The van der Waals surface area contributed by atoms with Gasteiger partial charge >= 0.3 is 5.97 Å². The molecular formula is C28H45NO5S. The van der Waals surface area contributed by atoms with Crippen molar-refractivity contribution in [1.29, 1.82) is 0 Å². The van der Waals surface area contributed by atoms with Crippen LogP contribution >= 0.6 is 11.3 Å². The molecule has 1 N–H and O–H groups in total. The van der Waals surface area contributed by atoms with E-state index >= 15 is 0 Å². The zero-order chi connectivity index (χ0) is 26.5. The number of carbonyl (C=O) groups is 2. The maximum atomic E-state index is 12.6. The highest BCUT2D eigenvalue weighted by Gasteiger charge is 2.41. The topological polar surface area (TPSA) is 89.0 Å². The van der Waals surface area contributed by atoms with Crippen molar-refractivity contribution in [1.82, 2.24) is 4.98 Å². The predicted molar refractivity (Wildman–Crippen MR) is 141 cm³/mol. The average Bonchev–Trinajstić information content (AvgIpc) is 3.38. The number of carbonyl (C=O) groups excluding carboxylic acids is 2. The first-order valence-electron chi connectivity index (χ1n) is 12.9. The Balaban J connectivity index is 1.90. The number of aliphatic hydroxyl groups is 1. The first-order chi connectivity index (χ1) is 16.2. The van der Waals surface area contributed by atoms with Crippen molar-refractivity contribution in [3.8, 4) is 0 Å². The molecule has 1 aromatic heterocycles. The second-order valence-electron chi connectivity index (χ2n) is 11.5. The van der Waals surface area contributed by atoms with Crippen molar-refractivity contribution in [2.24, 2.45) is 23.2 Å². The van der Waals surface area contributed by atoms with Gasteiger partial charge in [-0.1, -0.05) is 34.1 Å². The van der Waals surface area contributed by atoms with Gasteiger partial charge in [0.15, 0.2) is 0 Å². The third-order valence-corrected chi connectivity index (χ3v) is 7.57. The molecule has 35 heavy (non-hydrogen) atoms. The van der Waals surface area contributed by atoms with Gasteiger partial charge in [-0.05, 0) is 65.0 Å². The van der Waals surface area contributed by atoms with Crippen molar-refractivity contribution in [2.75, 3.05) is 0 Å². The summed E-state index contributed by atoms with van der Waals surface area (Å²) in [5.74, 6) is -0.469. The lowest BCUT2D eigenvalue weighted by molar-refractivity contribution is -0.157. The van der Waals surface area contributed by atoms with E-state index in [9.17, 15) is 14.7 Å². The lowest BCUT2D eigenvalue weighted by Crippen LogP contribution is -2.33. The van der Waals surface area contributed by atoms with Crippen LogP contribution in [-0.2, 0) is 19.1 Å². The lowest BCUT2D eigenvalue weighted by Gasteiger charge is -2.25. The standard InChI is InChI=1S/C28H45NO5S/c1-16(2)25(30)19(5)26(31)17(3)11-10-12-22-24(33-22)14-23(34-27(32)28(7,8)9)18(4)13-21-15-35-20(6)29-21/h13,15-17,19,22-24,26,31H,10-12,14H2,1-9H3/b18-13+/t17-,19-,22+,23-,24-,26-/m0/s1. The van der Waals surface area contributed by atoms with Crippen LogP contribution in [0.1, 0.15) is 91.8 Å². The van der Waals surface area contributed by atoms with Gasteiger partial charge in [-0.2, -0.15) is 0 Å². The molecule has 2 rings (SSSR count). The second kappa shape index (κ2) is 12.6. The summed E-state index contributed by atoms with van der Waals surface area (Å²) in [7, 11) is 0. The summed E-state index contributed by atoms with van der Waals surface area (Å²) in [5.41, 5.74) is 1.26. The zero-order valence-electron chi connectivity index (χ0n) is 23.0. The summed E-state index contributed by atoms with van der Waals surface area (Å²) in [4.78, 5) is 29.3. The van der Waals surface area contributed by atoms with Crippen LogP contribution in [0.15, 0.2) is 11.0 Å². The van der Waals surface area contributed by atoms with E-state index in [0.717, 1.165) is 35.5 Å². The van der Waals surface area contributed by atoms with Gasteiger partial charge in [0.1, 0.15) is 11.9 Å². The van der Waals surface area contributed by atoms with Gasteiger partial charge in [0.05, 0.1) is 34.4 Å². The average molecular weight is 508 g/mol. The number of aliphatic hydroxyl groups excluding tert-OH is 1. The van der Waals surface area contributed by atoms with Crippen LogP contribution in [0.3, 0.4) is 0 Å². The Morgan fingerprint density at radius 2 is 1.89 bits per heavy atom. The van der Waals surface area contributed by atoms with E-state index in [1.165, 1.54) is 0 Å². The minimum absolute atomic E-state index is 0.0509. The van der Waals surface area contributed by atoms with E-state index < -0.39 is 11.5 Å². The molecule has 0 unspecified atom stereocenters. The van der Waals surface area contributed by atoms with Gasteiger partial charge < -0.3 is 14.6 Å². The summed E-state index contributed by atoms with van der Waals surface area (Å²) < 4.78 is 11.9. The number of nitrogens with zero attached hydrogens (tertiary/aromatic N) is 1. The normalized spacial score (nSPS) is 22.0. The Morgan fingerprint density at radius 3 is 2.43 bits per heavy atom. The van der Waals surface area contributed by atoms with Crippen LogP contribution in [0, 0.1) is 30.1 Å². The van der Waals surface area contributed by atoms with Crippen LogP contribution in [0.4, 0.5) is 0 Å². The summed E-state index contributed by atoms with van der Waals surface area (Å²) in [5, 5.41) is 13.6. The van der Waals surface area contributed by atoms with E-state index in [4.69, 9.17) is 9.47 Å². The molecule has 7 heteroatoms. The highest BCUT2D eigenvalue weighted by molar-refractivity contribution is 7.09. The number of hydrogen-bond acceptors (Lipinski definition) is 7. The largest absolute Gasteiger partial charge is 0.457 e. The molecule has 1 aromatic rings. The molecule has 6 atom stereocenters. The molecular weight excluding hydrogens is 462 g/mol. The smallest absolute Gasteiger partial charge is 0.311 e. The predicted octanol–water partition coefficient (Wildman–Crippen LogP) is 6.00. The van der Waals surface area contributed by atoms with E-state index in [2.05, 4.69) is 4.98 Å². The minimum atomic E-state index is -0.621. The van der Waals surface area contributed by atoms with Gasteiger partial charge in [-0.25, -0.2) is 4.98 Å². The number of thiazole rings is 1. The molecule has 198 valence electrons. The molecule has 0 bridgehead atoms. The van der Waals surface area contributed by atoms with Crippen LogP contribution in [0.25, 0.3) is 6.08 Å². The summed E-state index contributed by atoms with van der Waals surface area (Å²) in [6.45, 7) is 17.1. The van der Waals surface area contributed by atoms with Crippen molar-refractivity contribution in [3.05, 3.63) is 21.7 Å². The molecule has 0 saturated carbocycles. The van der Waals surface area contributed by atoms with Gasteiger partial charge in [0.25, 0.3) is 0 Å². The van der Waals surface area contributed by atoms with Crippen molar-refractivity contribution >= 4 is 29.2 Å². The Kier molecular flexibility index (Phi) is 10.7. The molecule has 0 aromatic carbocycles. The SMILES string of the molecule is C/C(=C\c1csc(C)n1)[C@H](C[C@@H]1O[C@@H]1CCC[C@H](C)[C@H](O)[C@@H](C)C(=O)C(C)C)OC(=O)C(C)(C)C. The molecule has 2 heterocycles. The number of epoxide rings is 1. The highest BCUT2D eigenvalue weighted by Crippen LogP contribution is 2.35. The summed E-state index contributed by atoms with van der Waals surface area (Å²) in [6, 6.07) is 0. The maximum absolute atomic E-state index is 12.6. The number of aryl methyl sites for hydroxylation is 1. The van der Waals surface area contributed by atoms with E-state index in [-0.39, 0.29) is 47.8 Å². The molecule has 1 aliphatic rings. The van der Waals surface area contributed by atoms with Crippen LogP contribution in [0.2, 0.25) is 0 Å². The number of aromatic nitrogens is 1. The van der Waals surface area contributed by atoms with Gasteiger partial charge in [-0.3, -0.25) is 9.59 Å². The second-order valence-corrected chi connectivity index (χ2v) is 12.6. The molecule has 6 nitrogen and oxygen atoms in total. The minimum Gasteiger partial charge on any atom is -0.457 e. The summed E-state index contributed by atoms with van der Waals surface area (Å²) in [6.07, 6.45) is 4.47. The van der Waals surface area contributed by atoms with Crippen LogP contribution < -0.4 is 0 Å². The van der Waals surface area contributed by atoms with E-state index in [1.807, 2.05) is 73.8 Å². The highest BCUT2D eigenvalue weighted by atomic mass is 32.1. The lowest BCUT2D eigenvalue weighted by atomic mass is 9.84. The van der Waals surface area contributed by atoms with Crippen molar-refractivity contribution in [3.63, 3.8) is 0 Å². The van der Waals surface area contributed by atoms with Gasteiger partial charge in [-0.15, -0.1) is 11.3 Å². The Bertz CT molecular complexity index is 884. The van der Waals surface area contributed by atoms with E-state index in [1.54, 1.807) is 11.3 Å². The van der Waals surface area contributed by atoms with Crippen molar-refractivity contribution in [2.45, 2.75) is 112 Å². The first kappa shape index (κ1) is 29.7. The van der Waals surface area contributed by atoms with Crippen molar-refractivity contribution < 1.29 is 24.2 Å². The Labute approximate surface area is 215 Å².